The zero-order valence-corrected chi connectivity index (χ0v) is 11.6. The molecule has 0 saturated heterocycles. The van der Waals surface area contributed by atoms with Crippen LogP contribution in [0.5, 0.6) is 5.75 Å². The van der Waals surface area contributed by atoms with Gasteiger partial charge in [0.2, 0.25) is 6.54 Å². The van der Waals surface area contributed by atoms with Crippen LogP contribution in [0, 0.1) is 0 Å². The van der Waals surface area contributed by atoms with Crippen molar-refractivity contribution in [3.63, 3.8) is 0 Å². The summed E-state index contributed by atoms with van der Waals surface area (Å²) in [5.41, 5.74) is 0.204. The molecule has 1 aliphatic rings. The number of rotatable bonds is 3. The maximum absolute atomic E-state index is 12.2. The molecule has 19 heavy (non-hydrogen) atoms. The number of hydrogen-bond acceptors (Lipinski definition) is 3. The first-order valence-corrected chi connectivity index (χ1v) is 6.44. The third kappa shape index (κ3) is 2.33. The van der Waals surface area contributed by atoms with Gasteiger partial charge in [-0.15, -0.1) is 0 Å². The van der Waals surface area contributed by atoms with Gasteiger partial charge in [-0.05, 0) is 23.7 Å². The predicted octanol–water partition coefficient (Wildman–Crippen LogP) is 1.38. The van der Waals surface area contributed by atoms with E-state index in [-0.39, 0.29) is 16.0 Å². The zero-order chi connectivity index (χ0) is 14.0. The van der Waals surface area contributed by atoms with Crippen molar-refractivity contribution in [1.82, 2.24) is 0 Å². The van der Waals surface area contributed by atoms with E-state index < -0.39 is 5.97 Å². The van der Waals surface area contributed by atoms with Gasteiger partial charge in [0.05, 0.1) is 6.92 Å². The lowest BCUT2D eigenvalue weighted by Gasteiger charge is -2.24. The number of aromatic hydroxyl groups is 1. The van der Waals surface area contributed by atoms with Crippen molar-refractivity contribution in [2.75, 3.05) is 26.7 Å². The van der Waals surface area contributed by atoms with Crippen LogP contribution in [0.25, 0.3) is 0 Å². The summed E-state index contributed by atoms with van der Waals surface area (Å²) in [6, 6.07) is 6.44. The second-order valence-corrected chi connectivity index (χ2v) is 4.79. The van der Waals surface area contributed by atoms with Gasteiger partial charge >= 0.3 is 11.8 Å². The number of amidine groups is 1. The van der Waals surface area contributed by atoms with Crippen LogP contribution >= 0.6 is 0 Å². The SMILES string of the molecule is CC[N+]1(OC(=O)c2ccccc2O)CC[N+](C)=C1C. The van der Waals surface area contributed by atoms with E-state index in [1.54, 1.807) is 18.2 Å². The Balaban J connectivity index is 2.26. The van der Waals surface area contributed by atoms with Crippen LogP contribution < -0.4 is 0 Å². The topological polar surface area (TPSA) is 49.5 Å². The molecule has 1 unspecified atom stereocenters. The molecule has 0 amide bonds. The maximum Gasteiger partial charge on any atom is 0.402 e. The number of phenolic OH excluding ortho intramolecular Hbond substituents is 1. The fourth-order valence-corrected chi connectivity index (χ4v) is 2.36. The fourth-order valence-electron chi connectivity index (χ4n) is 2.36. The lowest BCUT2D eigenvalue weighted by molar-refractivity contribution is -1.01. The highest BCUT2D eigenvalue weighted by molar-refractivity contribution is 5.92. The summed E-state index contributed by atoms with van der Waals surface area (Å²) in [6.07, 6.45) is 0. The number of quaternary nitrogens is 1. The number of likely N-dealkylation sites (N-methyl/N-ethyl adjacent to an activating group) is 2. The molecular formula is C14H20N2O3+2. The first-order chi connectivity index (χ1) is 9.00. The smallest absolute Gasteiger partial charge is 0.402 e. The van der Waals surface area contributed by atoms with E-state index in [1.807, 2.05) is 20.9 Å². The van der Waals surface area contributed by atoms with Crippen molar-refractivity contribution >= 4 is 11.8 Å². The second-order valence-electron chi connectivity index (χ2n) is 4.79. The van der Waals surface area contributed by atoms with Crippen molar-refractivity contribution in [2.45, 2.75) is 13.8 Å². The molecule has 0 saturated carbocycles. The molecule has 0 aliphatic carbocycles. The van der Waals surface area contributed by atoms with Crippen LogP contribution in [0.1, 0.15) is 24.2 Å². The lowest BCUT2D eigenvalue weighted by atomic mass is 10.2. The molecule has 0 radical (unpaired) electrons. The average Bonchev–Trinajstić information content (AvgIpc) is 2.68. The number of nitrogens with zero attached hydrogens (tertiary/aromatic N) is 2. The molecule has 0 bridgehead atoms. The molecule has 1 atom stereocenters. The first-order valence-electron chi connectivity index (χ1n) is 6.44. The standard InChI is InChI=1S/C14H19N2O3/c1-4-16(10-9-15(3)11(16)2)19-14(18)12-7-5-6-8-13(12)17/h5-8H,4,9-10H2,1-3H3/q+1/p+1. The van der Waals surface area contributed by atoms with Gasteiger partial charge in [-0.3, -0.25) is 4.84 Å². The molecule has 5 heteroatoms. The summed E-state index contributed by atoms with van der Waals surface area (Å²) in [5.74, 6) is 0.466. The summed E-state index contributed by atoms with van der Waals surface area (Å²) in [4.78, 5) is 17.9. The minimum atomic E-state index is -0.491. The number of hydrogen-bond donors (Lipinski definition) is 1. The molecule has 0 aromatic heterocycles. The van der Waals surface area contributed by atoms with Crippen molar-refractivity contribution < 1.29 is 24.0 Å². The second kappa shape index (κ2) is 5.01. The molecule has 0 fully saturated rings. The number of hydroxylamine groups is 3. The number of carbonyl (C=O) groups excluding carboxylic acids is 1. The Hall–Kier alpha value is -1.88. The molecule has 1 aromatic carbocycles. The van der Waals surface area contributed by atoms with Crippen LogP contribution in [0.4, 0.5) is 0 Å². The number of phenols is 1. The lowest BCUT2D eigenvalue weighted by Crippen LogP contribution is -2.51. The van der Waals surface area contributed by atoms with E-state index >= 15 is 0 Å². The molecule has 1 N–H and O–H groups in total. The Labute approximate surface area is 112 Å². The molecule has 5 nitrogen and oxygen atoms in total. The van der Waals surface area contributed by atoms with E-state index in [4.69, 9.17) is 4.84 Å². The summed E-state index contributed by atoms with van der Waals surface area (Å²) in [6.45, 7) is 6.22. The van der Waals surface area contributed by atoms with Crippen molar-refractivity contribution in [3.8, 4) is 5.75 Å². The van der Waals surface area contributed by atoms with E-state index in [9.17, 15) is 9.90 Å². The van der Waals surface area contributed by atoms with Gasteiger partial charge in [0.25, 0.3) is 0 Å². The van der Waals surface area contributed by atoms with Crippen LogP contribution in [0.2, 0.25) is 0 Å². The Morgan fingerprint density at radius 1 is 1.47 bits per heavy atom. The van der Waals surface area contributed by atoms with Crippen molar-refractivity contribution in [3.05, 3.63) is 29.8 Å². The van der Waals surface area contributed by atoms with E-state index in [2.05, 4.69) is 4.58 Å². The summed E-state index contributed by atoms with van der Waals surface area (Å²) >= 11 is 0. The van der Waals surface area contributed by atoms with Gasteiger partial charge in [-0.1, -0.05) is 12.1 Å². The van der Waals surface area contributed by atoms with Gasteiger partial charge in [-0.25, -0.2) is 4.79 Å². The minimum Gasteiger partial charge on any atom is -0.507 e. The average molecular weight is 264 g/mol. The third-order valence-electron chi connectivity index (χ3n) is 3.83. The van der Waals surface area contributed by atoms with Gasteiger partial charge in [0, 0.05) is 0 Å². The molecular weight excluding hydrogens is 244 g/mol. The van der Waals surface area contributed by atoms with Crippen molar-refractivity contribution in [2.24, 2.45) is 0 Å². The Kier molecular flexibility index (Phi) is 3.57. The molecule has 1 aromatic rings. The quantitative estimate of drug-likeness (QED) is 0.662. The number of benzene rings is 1. The number of para-hydroxylation sites is 1. The van der Waals surface area contributed by atoms with Crippen LogP contribution in [0.15, 0.2) is 24.3 Å². The largest absolute Gasteiger partial charge is 0.507 e. The normalized spacial score (nSPS) is 22.7. The molecule has 0 spiro atoms. The van der Waals surface area contributed by atoms with Crippen LogP contribution in [0.3, 0.4) is 0 Å². The Morgan fingerprint density at radius 3 is 2.68 bits per heavy atom. The highest BCUT2D eigenvalue weighted by Gasteiger charge is 2.47. The first kappa shape index (κ1) is 13.5. The molecule has 2 rings (SSSR count). The molecule has 1 heterocycles. The summed E-state index contributed by atoms with van der Waals surface area (Å²) < 4.78 is 2.28. The molecule has 102 valence electrons. The van der Waals surface area contributed by atoms with Gasteiger partial charge in [0.1, 0.15) is 24.9 Å². The fraction of sp³-hybridized carbons (Fsp3) is 0.429. The third-order valence-corrected chi connectivity index (χ3v) is 3.83. The maximum atomic E-state index is 12.2. The van der Waals surface area contributed by atoms with Gasteiger partial charge < -0.3 is 5.11 Å². The van der Waals surface area contributed by atoms with E-state index in [0.717, 1.165) is 18.9 Å². The predicted molar refractivity (Wildman–Crippen MR) is 70.9 cm³/mol. The van der Waals surface area contributed by atoms with E-state index in [1.165, 1.54) is 6.07 Å². The summed E-state index contributed by atoms with van der Waals surface area (Å²) in [5, 5.41) is 9.70. The monoisotopic (exact) mass is 264 g/mol. The molecule has 1 aliphatic heterocycles. The Bertz CT molecular complexity index is 539. The summed E-state index contributed by atoms with van der Waals surface area (Å²) in [7, 11) is 1.98. The highest BCUT2D eigenvalue weighted by Crippen LogP contribution is 2.22. The van der Waals surface area contributed by atoms with Crippen LogP contribution in [-0.2, 0) is 4.84 Å². The van der Waals surface area contributed by atoms with Gasteiger partial charge in [0.15, 0.2) is 6.54 Å². The zero-order valence-electron chi connectivity index (χ0n) is 11.6. The Morgan fingerprint density at radius 2 is 2.16 bits per heavy atom. The van der Waals surface area contributed by atoms with E-state index in [0.29, 0.717) is 6.54 Å². The van der Waals surface area contributed by atoms with Crippen molar-refractivity contribution in [1.29, 1.82) is 0 Å². The number of carbonyl (C=O) groups is 1. The highest BCUT2D eigenvalue weighted by atomic mass is 16.7. The van der Waals surface area contributed by atoms with Gasteiger partial charge in [-0.2, -0.15) is 4.58 Å². The van der Waals surface area contributed by atoms with Crippen LogP contribution in [-0.4, -0.2) is 52.8 Å². The minimum absolute atomic E-state index is 0.0491.